The smallest absolute Gasteiger partial charge is 0.196 e. The van der Waals surface area contributed by atoms with E-state index < -0.39 is 0 Å². The first-order chi connectivity index (χ1) is 10.7. The number of aromatic nitrogens is 5. The average molecular weight is 309 g/mol. The highest BCUT2D eigenvalue weighted by atomic mass is 32.2. The van der Waals surface area contributed by atoms with E-state index in [4.69, 9.17) is 0 Å². The average Bonchev–Trinajstić information content (AvgIpc) is 3.12. The maximum atomic E-state index is 4.36. The number of fused-ring (bicyclic) bond motifs is 3. The Bertz CT molecular complexity index is 969. The van der Waals surface area contributed by atoms with Crippen molar-refractivity contribution in [1.29, 1.82) is 0 Å². The summed E-state index contributed by atoms with van der Waals surface area (Å²) in [5.41, 5.74) is 4.45. The maximum Gasteiger partial charge on any atom is 0.196 e. The summed E-state index contributed by atoms with van der Waals surface area (Å²) in [6.45, 7) is 2.11. The first-order valence-electron chi connectivity index (χ1n) is 7.06. The molecule has 0 aliphatic carbocycles. The van der Waals surface area contributed by atoms with Crippen LogP contribution in [0.1, 0.15) is 11.1 Å². The molecule has 0 unspecified atom stereocenters. The van der Waals surface area contributed by atoms with Gasteiger partial charge in [0.15, 0.2) is 10.8 Å². The fourth-order valence-electron chi connectivity index (χ4n) is 2.66. The molecular weight excluding hydrogens is 294 g/mol. The van der Waals surface area contributed by atoms with E-state index in [1.165, 1.54) is 16.5 Å². The van der Waals surface area contributed by atoms with Crippen LogP contribution in [0.25, 0.3) is 16.6 Å². The number of aryl methyl sites for hydroxylation is 2. The van der Waals surface area contributed by atoms with Crippen LogP contribution in [-0.4, -0.2) is 24.4 Å². The summed E-state index contributed by atoms with van der Waals surface area (Å²) in [6.07, 6.45) is 3.91. The minimum Gasteiger partial charge on any atom is -0.276 e. The second kappa shape index (κ2) is 5.14. The summed E-state index contributed by atoms with van der Waals surface area (Å²) < 4.78 is 3.94. The Labute approximate surface area is 132 Å². The van der Waals surface area contributed by atoms with Crippen LogP contribution >= 0.6 is 11.8 Å². The molecule has 0 aliphatic heterocycles. The van der Waals surface area contributed by atoms with Crippen molar-refractivity contribution in [2.75, 3.05) is 0 Å². The lowest BCUT2D eigenvalue weighted by Crippen LogP contribution is -1.93. The van der Waals surface area contributed by atoms with E-state index in [1.54, 1.807) is 11.8 Å². The van der Waals surface area contributed by atoms with Gasteiger partial charge in [-0.05, 0) is 24.6 Å². The zero-order valence-corrected chi connectivity index (χ0v) is 13.2. The molecular formula is C16H15N5S. The van der Waals surface area contributed by atoms with Crippen LogP contribution in [0.2, 0.25) is 0 Å². The van der Waals surface area contributed by atoms with Gasteiger partial charge in [-0.3, -0.25) is 9.08 Å². The van der Waals surface area contributed by atoms with Crippen molar-refractivity contribution in [1.82, 2.24) is 24.4 Å². The van der Waals surface area contributed by atoms with Gasteiger partial charge in [-0.1, -0.05) is 30.0 Å². The molecule has 0 radical (unpaired) electrons. The third-order valence-corrected chi connectivity index (χ3v) is 4.70. The molecule has 6 heteroatoms. The fraction of sp³-hybridized carbons (Fsp3) is 0.188. The lowest BCUT2D eigenvalue weighted by atomic mass is 10.1. The van der Waals surface area contributed by atoms with Crippen molar-refractivity contribution in [2.24, 2.45) is 7.05 Å². The van der Waals surface area contributed by atoms with Gasteiger partial charge in [0.05, 0.1) is 11.7 Å². The van der Waals surface area contributed by atoms with E-state index >= 15 is 0 Å². The Hall–Kier alpha value is -2.34. The van der Waals surface area contributed by atoms with Crippen LogP contribution in [0.5, 0.6) is 0 Å². The summed E-state index contributed by atoms with van der Waals surface area (Å²) in [4.78, 5) is 0. The number of hydrogen-bond donors (Lipinski definition) is 0. The van der Waals surface area contributed by atoms with Gasteiger partial charge < -0.3 is 0 Å². The molecule has 0 aliphatic rings. The van der Waals surface area contributed by atoms with Gasteiger partial charge in [0.25, 0.3) is 0 Å². The first kappa shape index (κ1) is 13.3. The molecule has 0 saturated carbocycles. The number of thioether (sulfide) groups is 1. The molecule has 3 heterocycles. The maximum absolute atomic E-state index is 4.36. The normalized spacial score (nSPS) is 11.5. The zero-order valence-electron chi connectivity index (χ0n) is 12.4. The van der Waals surface area contributed by atoms with E-state index in [0.717, 1.165) is 22.1 Å². The van der Waals surface area contributed by atoms with Crippen molar-refractivity contribution >= 4 is 28.3 Å². The Balaban J connectivity index is 1.79. The molecule has 0 N–H and O–H groups in total. The number of pyridine rings is 1. The van der Waals surface area contributed by atoms with Crippen LogP contribution in [0, 0.1) is 6.92 Å². The largest absolute Gasteiger partial charge is 0.276 e. The van der Waals surface area contributed by atoms with E-state index in [9.17, 15) is 0 Å². The molecule has 22 heavy (non-hydrogen) atoms. The van der Waals surface area contributed by atoms with Crippen molar-refractivity contribution in [3.8, 4) is 0 Å². The van der Waals surface area contributed by atoms with Gasteiger partial charge in [-0.15, -0.1) is 10.2 Å². The quantitative estimate of drug-likeness (QED) is 0.545. The Kier molecular flexibility index (Phi) is 3.11. The van der Waals surface area contributed by atoms with Crippen LogP contribution in [0.4, 0.5) is 0 Å². The Morgan fingerprint density at radius 3 is 2.86 bits per heavy atom. The SMILES string of the molecule is Cc1cc2nnc(SCc3cnn(C)c3)n2c2ccccc12. The highest BCUT2D eigenvalue weighted by Gasteiger charge is 2.11. The van der Waals surface area contributed by atoms with E-state index in [-0.39, 0.29) is 0 Å². The summed E-state index contributed by atoms with van der Waals surface area (Å²) >= 11 is 1.68. The number of hydrogen-bond acceptors (Lipinski definition) is 4. The van der Waals surface area contributed by atoms with Crippen molar-refractivity contribution < 1.29 is 0 Å². The van der Waals surface area contributed by atoms with E-state index in [1.807, 2.05) is 24.1 Å². The van der Waals surface area contributed by atoms with Crippen molar-refractivity contribution in [3.05, 3.63) is 53.9 Å². The molecule has 0 amide bonds. The second-order valence-corrected chi connectivity index (χ2v) is 6.27. The lowest BCUT2D eigenvalue weighted by molar-refractivity contribution is 0.767. The monoisotopic (exact) mass is 309 g/mol. The van der Waals surface area contributed by atoms with Gasteiger partial charge in [-0.25, -0.2) is 0 Å². The Morgan fingerprint density at radius 2 is 2.05 bits per heavy atom. The van der Waals surface area contributed by atoms with Crippen LogP contribution in [0.15, 0.2) is 47.9 Å². The van der Waals surface area contributed by atoms with Gasteiger partial charge in [-0.2, -0.15) is 5.10 Å². The molecule has 1 aromatic carbocycles. The second-order valence-electron chi connectivity index (χ2n) is 5.33. The summed E-state index contributed by atoms with van der Waals surface area (Å²) in [5.74, 6) is 0.830. The van der Waals surface area contributed by atoms with Crippen LogP contribution in [0.3, 0.4) is 0 Å². The summed E-state index contributed by atoms with van der Waals surface area (Å²) in [6, 6.07) is 10.5. The molecule has 4 aromatic rings. The highest BCUT2D eigenvalue weighted by molar-refractivity contribution is 7.98. The molecule has 0 fully saturated rings. The number of nitrogens with zero attached hydrogens (tertiary/aromatic N) is 5. The predicted octanol–water partition coefficient (Wildman–Crippen LogP) is 3.22. The number of benzene rings is 1. The van der Waals surface area contributed by atoms with Crippen molar-refractivity contribution in [3.63, 3.8) is 0 Å². The molecule has 4 rings (SSSR count). The third-order valence-electron chi connectivity index (χ3n) is 3.70. The van der Waals surface area contributed by atoms with E-state index in [0.29, 0.717) is 0 Å². The van der Waals surface area contributed by atoms with Crippen LogP contribution in [-0.2, 0) is 12.8 Å². The molecule has 5 nitrogen and oxygen atoms in total. The fourth-order valence-corrected chi connectivity index (χ4v) is 3.53. The molecule has 3 aromatic heterocycles. The van der Waals surface area contributed by atoms with Crippen molar-refractivity contribution in [2.45, 2.75) is 17.8 Å². The third kappa shape index (κ3) is 2.16. The highest BCUT2D eigenvalue weighted by Crippen LogP contribution is 2.27. The molecule has 0 saturated heterocycles. The Morgan fingerprint density at radius 1 is 1.18 bits per heavy atom. The van der Waals surface area contributed by atoms with Crippen LogP contribution < -0.4 is 0 Å². The molecule has 110 valence electrons. The van der Waals surface area contributed by atoms with Gasteiger partial charge in [0.2, 0.25) is 0 Å². The molecule has 0 bridgehead atoms. The summed E-state index contributed by atoms with van der Waals surface area (Å²) in [5, 5.41) is 15.0. The van der Waals surface area contributed by atoms with Gasteiger partial charge >= 0.3 is 0 Å². The topological polar surface area (TPSA) is 48.0 Å². The summed E-state index contributed by atoms with van der Waals surface area (Å²) in [7, 11) is 1.93. The number of rotatable bonds is 3. The van der Waals surface area contributed by atoms with Gasteiger partial charge in [0, 0.05) is 29.9 Å². The van der Waals surface area contributed by atoms with E-state index in [2.05, 4.69) is 57.0 Å². The molecule has 0 atom stereocenters. The minimum atomic E-state index is 0.830. The first-order valence-corrected chi connectivity index (χ1v) is 8.05. The number of para-hydroxylation sites is 1. The standard InChI is InChI=1S/C16H15N5S/c1-11-7-15-18-19-16(22-10-12-8-17-20(2)9-12)21(15)14-6-4-3-5-13(11)14/h3-9H,10H2,1-2H3. The zero-order chi connectivity index (χ0) is 15.1. The lowest BCUT2D eigenvalue weighted by Gasteiger charge is -2.06. The molecule has 0 spiro atoms. The predicted molar refractivity (Wildman–Crippen MR) is 88.0 cm³/mol. The van der Waals surface area contributed by atoms with Gasteiger partial charge in [0.1, 0.15) is 0 Å². The minimum absolute atomic E-state index is 0.830.